The molecule has 0 aromatic carbocycles. The van der Waals surface area contributed by atoms with Gasteiger partial charge >= 0.3 is 0 Å². The van der Waals surface area contributed by atoms with Gasteiger partial charge in [-0.25, -0.2) is 0 Å². The molecule has 2 saturated heterocycles. The smallest absolute Gasteiger partial charge is 0.0546 e. The number of nitrogens with one attached hydrogen (secondary N) is 1. The van der Waals surface area contributed by atoms with Crippen LogP contribution in [0.25, 0.3) is 0 Å². The van der Waals surface area contributed by atoms with Gasteiger partial charge in [0.05, 0.1) is 6.61 Å². The maximum Gasteiger partial charge on any atom is 0.0546 e. The Labute approximate surface area is 122 Å². The number of rotatable bonds is 6. The van der Waals surface area contributed by atoms with Gasteiger partial charge < -0.3 is 15.0 Å². The van der Waals surface area contributed by atoms with Crippen molar-refractivity contribution >= 4 is 11.8 Å². The third-order valence-electron chi connectivity index (χ3n) is 4.39. The Bertz CT molecular complexity index is 257. The topological polar surface area (TPSA) is 24.5 Å². The molecule has 0 aromatic rings. The van der Waals surface area contributed by atoms with Crippen molar-refractivity contribution in [1.82, 2.24) is 10.2 Å². The molecule has 0 amide bonds. The minimum atomic E-state index is 0.356. The molecule has 3 nitrogen and oxygen atoms in total. The van der Waals surface area contributed by atoms with Crippen molar-refractivity contribution in [3.63, 3.8) is 0 Å². The van der Waals surface area contributed by atoms with Crippen LogP contribution in [0.15, 0.2) is 0 Å². The summed E-state index contributed by atoms with van der Waals surface area (Å²) >= 11 is 2.16. The van der Waals surface area contributed by atoms with Gasteiger partial charge in [0.15, 0.2) is 0 Å². The second-order valence-electron chi connectivity index (χ2n) is 6.07. The van der Waals surface area contributed by atoms with Crippen LogP contribution in [0.1, 0.15) is 33.1 Å². The molecule has 1 N–H and O–H groups in total. The molecule has 0 aliphatic carbocycles. The first-order valence-corrected chi connectivity index (χ1v) is 8.95. The summed E-state index contributed by atoms with van der Waals surface area (Å²) in [6.07, 6.45) is 3.85. The molecule has 2 unspecified atom stereocenters. The lowest BCUT2D eigenvalue weighted by molar-refractivity contribution is -0.0255. The monoisotopic (exact) mass is 286 g/mol. The summed E-state index contributed by atoms with van der Waals surface area (Å²) < 4.78 is 5.81. The molecule has 0 bridgehead atoms. The van der Waals surface area contributed by atoms with Gasteiger partial charge in [-0.3, -0.25) is 0 Å². The first-order valence-electron chi connectivity index (χ1n) is 7.90. The fourth-order valence-electron chi connectivity index (χ4n) is 3.27. The van der Waals surface area contributed by atoms with Gasteiger partial charge in [0.25, 0.3) is 0 Å². The van der Waals surface area contributed by atoms with Crippen LogP contribution >= 0.6 is 11.8 Å². The fraction of sp³-hybridized carbons (Fsp3) is 1.00. The number of ether oxygens (including phenoxy) is 1. The third kappa shape index (κ3) is 4.62. The van der Waals surface area contributed by atoms with Crippen LogP contribution in [-0.2, 0) is 4.74 Å². The molecule has 4 heteroatoms. The minimum absolute atomic E-state index is 0.356. The van der Waals surface area contributed by atoms with Crippen LogP contribution in [0.2, 0.25) is 0 Å². The lowest BCUT2D eigenvalue weighted by Crippen LogP contribution is -2.51. The van der Waals surface area contributed by atoms with E-state index in [0.29, 0.717) is 5.41 Å². The van der Waals surface area contributed by atoms with Crippen LogP contribution < -0.4 is 5.32 Å². The van der Waals surface area contributed by atoms with E-state index in [-0.39, 0.29) is 0 Å². The minimum Gasteiger partial charge on any atom is -0.381 e. The predicted molar refractivity (Wildman–Crippen MR) is 84.0 cm³/mol. The molecule has 0 saturated carbocycles. The van der Waals surface area contributed by atoms with E-state index in [1.54, 1.807) is 0 Å². The van der Waals surface area contributed by atoms with Crippen LogP contribution in [0, 0.1) is 5.41 Å². The van der Waals surface area contributed by atoms with E-state index in [4.69, 9.17) is 4.74 Å². The molecule has 0 spiro atoms. The lowest BCUT2D eigenvalue weighted by atomic mass is 9.81. The average Bonchev–Trinajstić information content (AvgIpc) is 2.46. The molecule has 0 radical (unpaired) electrons. The number of nitrogens with zero attached hydrogens (tertiary/aromatic N) is 1. The summed E-state index contributed by atoms with van der Waals surface area (Å²) in [6, 6.07) is 0. The molecule has 112 valence electrons. The van der Waals surface area contributed by atoms with Gasteiger partial charge in [0, 0.05) is 49.2 Å². The normalized spacial score (nSPS) is 33.5. The summed E-state index contributed by atoms with van der Waals surface area (Å²) in [7, 11) is 0. The van der Waals surface area contributed by atoms with Crippen molar-refractivity contribution in [1.29, 1.82) is 0 Å². The second kappa shape index (κ2) is 7.87. The van der Waals surface area contributed by atoms with Gasteiger partial charge in [-0.1, -0.05) is 13.8 Å². The summed E-state index contributed by atoms with van der Waals surface area (Å²) in [5.74, 6) is 1.30. The Hall–Kier alpha value is 0.230. The molecular weight excluding hydrogens is 256 g/mol. The van der Waals surface area contributed by atoms with E-state index in [2.05, 4.69) is 35.8 Å². The van der Waals surface area contributed by atoms with E-state index >= 15 is 0 Å². The molecular formula is C15H30N2OS. The first kappa shape index (κ1) is 15.6. The van der Waals surface area contributed by atoms with Crippen molar-refractivity contribution in [3.8, 4) is 0 Å². The number of hydrogen-bond acceptors (Lipinski definition) is 4. The van der Waals surface area contributed by atoms with Crippen molar-refractivity contribution in [3.05, 3.63) is 0 Å². The summed E-state index contributed by atoms with van der Waals surface area (Å²) in [5.41, 5.74) is 0.356. The van der Waals surface area contributed by atoms with E-state index in [1.807, 2.05) is 0 Å². The Morgan fingerprint density at radius 2 is 2.32 bits per heavy atom. The molecule has 19 heavy (non-hydrogen) atoms. The highest BCUT2D eigenvalue weighted by Crippen LogP contribution is 2.31. The van der Waals surface area contributed by atoms with Gasteiger partial charge in [-0.15, -0.1) is 0 Å². The lowest BCUT2D eigenvalue weighted by Gasteiger charge is -2.43. The summed E-state index contributed by atoms with van der Waals surface area (Å²) in [6.45, 7) is 12.4. The summed E-state index contributed by atoms with van der Waals surface area (Å²) in [5, 5.41) is 4.40. The van der Waals surface area contributed by atoms with E-state index in [1.165, 1.54) is 44.6 Å². The Kier molecular flexibility index (Phi) is 6.46. The highest BCUT2D eigenvalue weighted by Gasteiger charge is 2.35. The van der Waals surface area contributed by atoms with E-state index in [9.17, 15) is 0 Å². The highest BCUT2D eigenvalue weighted by atomic mass is 32.2. The maximum absolute atomic E-state index is 5.81. The van der Waals surface area contributed by atoms with Crippen LogP contribution in [0.3, 0.4) is 0 Å². The Morgan fingerprint density at radius 1 is 1.42 bits per heavy atom. The van der Waals surface area contributed by atoms with Crippen LogP contribution in [0.4, 0.5) is 0 Å². The van der Waals surface area contributed by atoms with Crippen molar-refractivity contribution in [2.24, 2.45) is 5.41 Å². The van der Waals surface area contributed by atoms with Crippen molar-refractivity contribution in [2.45, 2.75) is 38.4 Å². The zero-order valence-electron chi connectivity index (χ0n) is 12.6. The standard InChI is InChI=1S/C15H30N2OS/c1-3-14-10-17(7-9-19-14)12-15(11-16-4-2)6-5-8-18-13-15/h14,16H,3-13H2,1-2H3. The van der Waals surface area contributed by atoms with E-state index < -0.39 is 0 Å². The average molecular weight is 286 g/mol. The molecule has 2 aliphatic rings. The quantitative estimate of drug-likeness (QED) is 0.809. The van der Waals surface area contributed by atoms with Crippen molar-refractivity contribution in [2.75, 3.05) is 51.7 Å². The number of thioether (sulfide) groups is 1. The molecule has 2 rings (SSSR count). The van der Waals surface area contributed by atoms with E-state index in [0.717, 1.165) is 31.6 Å². The number of hydrogen-bond donors (Lipinski definition) is 1. The SMILES string of the molecule is CCNCC1(CN2CCSC(CC)C2)CCCOC1. The van der Waals surface area contributed by atoms with Crippen LogP contribution in [-0.4, -0.2) is 61.8 Å². The third-order valence-corrected chi connectivity index (χ3v) is 5.76. The first-order chi connectivity index (χ1) is 9.28. The zero-order chi connectivity index (χ0) is 13.6. The fourth-order valence-corrected chi connectivity index (χ4v) is 4.51. The van der Waals surface area contributed by atoms with Gasteiger partial charge in [0.1, 0.15) is 0 Å². The molecule has 2 atom stereocenters. The summed E-state index contributed by atoms with van der Waals surface area (Å²) in [4.78, 5) is 2.69. The predicted octanol–water partition coefficient (Wildman–Crippen LogP) is 2.22. The van der Waals surface area contributed by atoms with Gasteiger partial charge in [-0.2, -0.15) is 11.8 Å². The maximum atomic E-state index is 5.81. The molecule has 2 aliphatic heterocycles. The zero-order valence-corrected chi connectivity index (χ0v) is 13.4. The molecule has 0 aromatic heterocycles. The van der Waals surface area contributed by atoms with Crippen LogP contribution in [0.5, 0.6) is 0 Å². The highest BCUT2D eigenvalue weighted by molar-refractivity contribution is 8.00. The van der Waals surface area contributed by atoms with Crippen molar-refractivity contribution < 1.29 is 4.74 Å². The Balaban J connectivity index is 1.90. The van der Waals surface area contributed by atoms with Gasteiger partial charge in [0.2, 0.25) is 0 Å². The molecule has 2 heterocycles. The van der Waals surface area contributed by atoms with Gasteiger partial charge in [-0.05, 0) is 25.8 Å². The molecule has 2 fully saturated rings. The largest absolute Gasteiger partial charge is 0.381 e. The second-order valence-corrected chi connectivity index (χ2v) is 7.48. The Morgan fingerprint density at radius 3 is 3.00 bits per heavy atom.